The normalized spacial score (nSPS) is 12.2. The van der Waals surface area contributed by atoms with Crippen molar-refractivity contribution in [3.63, 3.8) is 0 Å². The molecule has 0 aliphatic rings. The Balaban J connectivity index is 1.92. The Kier molecular flexibility index (Phi) is 5.76. The molecule has 6 nitrogen and oxygen atoms in total. The molecule has 0 saturated carbocycles. The Labute approximate surface area is 136 Å². The van der Waals surface area contributed by atoms with Gasteiger partial charge in [0.05, 0.1) is 18.5 Å². The lowest BCUT2D eigenvalue weighted by Gasteiger charge is -2.14. The SMILES string of the molecule is CC(C)Cn1cc(NC(=O)C(C)Oc2cccc(CO)c2)cn1. The zero-order valence-electron chi connectivity index (χ0n) is 13.7. The molecule has 6 heteroatoms. The third-order valence-electron chi connectivity index (χ3n) is 3.22. The van der Waals surface area contributed by atoms with Crippen LogP contribution in [-0.4, -0.2) is 26.9 Å². The molecule has 1 aromatic carbocycles. The molecule has 2 aromatic rings. The van der Waals surface area contributed by atoms with Crippen LogP contribution in [0.2, 0.25) is 0 Å². The number of aromatic nitrogens is 2. The van der Waals surface area contributed by atoms with E-state index in [9.17, 15) is 4.79 Å². The quantitative estimate of drug-likeness (QED) is 0.822. The van der Waals surface area contributed by atoms with E-state index < -0.39 is 6.10 Å². The lowest BCUT2D eigenvalue weighted by atomic mass is 10.2. The summed E-state index contributed by atoms with van der Waals surface area (Å²) in [6, 6.07) is 7.04. The summed E-state index contributed by atoms with van der Waals surface area (Å²) in [4.78, 5) is 12.2. The molecule has 0 radical (unpaired) electrons. The van der Waals surface area contributed by atoms with Crippen molar-refractivity contribution >= 4 is 11.6 Å². The predicted molar refractivity (Wildman–Crippen MR) is 88.1 cm³/mol. The van der Waals surface area contributed by atoms with Crippen molar-refractivity contribution < 1.29 is 14.6 Å². The van der Waals surface area contributed by atoms with E-state index in [1.807, 2.05) is 0 Å². The standard InChI is InChI=1S/C17H23N3O3/c1-12(2)9-20-10-15(8-18-20)19-17(22)13(3)23-16-6-4-5-14(7-16)11-21/h4-8,10,12-13,21H,9,11H2,1-3H3,(H,19,22). The van der Waals surface area contributed by atoms with E-state index in [1.54, 1.807) is 48.3 Å². The number of carbonyl (C=O) groups is 1. The molecule has 0 fully saturated rings. The topological polar surface area (TPSA) is 76.4 Å². The zero-order chi connectivity index (χ0) is 16.8. The smallest absolute Gasteiger partial charge is 0.265 e. The maximum absolute atomic E-state index is 12.2. The second kappa shape index (κ2) is 7.78. The number of hydrogen-bond acceptors (Lipinski definition) is 4. The van der Waals surface area contributed by atoms with Gasteiger partial charge in [0.2, 0.25) is 0 Å². The minimum absolute atomic E-state index is 0.0627. The van der Waals surface area contributed by atoms with Crippen LogP contribution in [0.4, 0.5) is 5.69 Å². The first kappa shape index (κ1) is 17.0. The van der Waals surface area contributed by atoms with Gasteiger partial charge < -0.3 is 15.2 Å². The third-order valence-corrected chi connectivity index (χ3v) is 3.22. The molecule has 1 amide bonds. The minimum atomic E-state index is -0.655. The highest BCUT2D eigenvalue weighted by molar-refractivity contribution is 5.93. The fourth-order valence-corrected chi connectivity index (χ4v) is 2.12. The van der Waals surface area contributed by atoms with Crippen LogP contribution in [0.25, 0.3) is 0 Å². The summed E-state index contributed by atoms with van der Waals surface area (Å²) in [5, 5.41) is 16.1. The van der Waals surface area contributed by atoms with Gasteiger partial charge in [0.15, 0.2) is 6.10 Å². The van der Waals surface area contributed by atoms with Gasteiger partial charge in [0, 0.05) is 12.7 Å². The van der Waals surface area contributed by atoms with Crippen LogP contribution < -0.4 is 10.1 Å². The van der Waals surface area contributed by atoms with Crippen LogP contribution in [0.1, 0.15) is 26.3 Å². The number of rotatable bonds is 7. The highest BCUT2D eigenvalue weighted by atomic mass is 16.5. The van der Waals surface area contributed by atoms with Gasteiger partial charge in [-0.05, 0) is 30.5 Å². The molecular weight excluding hydrogens is 294 g/mol. The molecule has 1 unspecified atom stereocenters. The monoisotopic (exact) mass is 317 g/mol. The lowest BCUT2D eigenvalue weighted by molar-refractivity contribution is -0.122. The molecule has 1 aromatic heterocycles. The van der Waals surface area contributed by atoms with Crippen LogP contribution in [0, 0.1) is 5.92 Å². The van der Waals surface area contributed by atoms with Crippen LogP contribution in [-0.2, 0) is 17.9 Å². The Morgan fingerprint density at radius 3 is 2.87 bits per heavy atom. The van der Waals surface area contributed by atoms with Gasteiger partial charge in [0.1, 0.15) is 5.75 Å². The van der Waals surface area contributed by atoms with Gasteiger partial charge in [-0.1, -0.05) is 26.0 Å². The van der Waals surface area contributed by atoms with Crippen LogP contribution in [0.3, 0.4) is 0 Å². The fourth-order valence-electron chi connectivity index (χ4n) is 2.12. The van der Waals surface area contributed by atoms with Crippen LogP contribution >= 0.6 is 0 Å². The van der Waals surface area contributed by atoms with Crippen molar-refractivity contribution in [3.8, 4) is 5.75 Å². The van der Waals surface area contributed by atoms with Gasteiger partial charge >= 0.3 is 0 Å². The number of nitrogens with one attached hydrogen (secondary N) is 1. The van der Waals surface area contributed by atoms with E-state index in [0.29, 0.717) is 17.4 Å². The molecule has 0 spiro atoms. The summed E-state index contributed by atoms with van der Waals surface area (Å²) in [5.74, 6) is 0.790. The number of anilines is 1. The number of nitrogens with zero attached hydrogens (tertiary/aromatic N) is 2. The van der Waals surface area contributed by atoms with Gasteiger partial charge in [-0.3, -0.25) is 9.48 Å². The number of hydrogen-bond donors (Lipinski definition) is 2. The molecule has 0 saturated heterocycles. The van der Waals surface area contributed by atoms with Crippen molar-refractivity contribution in [2.24, 2.45) is 5.92 Å². The summed E-state index contributed by atoms with van der Waals surface area (Å²) in [5.41, 5.74) is 1.39. The van der Waals surface area contributed by atoms with E-state index in [1.165, 1.54) is 0 Å². The van der Waals surface area contributed by atoms with Crippen LogP contribution in [0.5, 0.6) is 5.75 Å². The van der Waals surface area contributed by atoms with Crippen molar-refractivity contribution in [1.82, 2.24) is 9.78 Å². The molecule has 0 bridgehead atoms. The number of ether oxygens (including phenoxy) is 1. The Hall–Kier alpha value is -2.34. The van der Waals surface area contributed by atoms with Crippen molar-refractivity contribution in [3.05, 3.63) is 42.2 Å². The first-order valence-corrected chi connectivity index (χ1v) is 7.67. The minimum Gasteiger partial charge on any atom is -0.481 e. The number of benzene rings is 1. The number of amides is 1. The summed E-state index contributed by atoms with van der Waals surface area (Å²) in [6.45, 7) is 6.63. The Bertz CT molecular complexity index is 652. The fraction of sp³-hybridized carbons (Fsp3) is 0.412. The molecule has 124 valence electrons. The Morgan fingerprint density at radius 2 is 2.17 bits per heavy atom. The maximum atomic E-state index is 12.2. The Morgan fingerprint density at radius 1 is 1.39 bits per heavy atom. The molecule has 2 N–H and O–H groups in total. The van der Waals surface area contributed by atoms with Crippen LogP contribution in [0.15, 0.2) is 36.7 Å². The van der Waals surface area contributed by atoms with E-state index in [0.717, 1.165) is 12.1 Å². The second-order valence-electron chi connectivity index (χ2n) is 5.90. The van der Waals surface area contributed by atoms with E-state index in [4.69, 9.17) is 9.84 Å². The molecule has 0 aliphatic heterocycles. The van der Waals surface area contributed by atoms with E-state index in [2.05, 4.69) is 24.3 Å². The molecule has 1 heterocycles. The molecule has 2 rings (SSSR count). The molecular formula is C17H23N3O3. The van der Waals surface area contributed by atoms with E-state index in [-0.39, 0.29) is 12.5 Å². The zero-order valence-corrected chi connectivity index (χ0v) is 13.7. The maximum Gasteiger partial charge on any atom is 0.265 e. The number of carbonyl (C=O) groups excluding carboxylic acids is 1. The second-order valence-corrected chi connectivity index (χ2v) is 5.90. The predicted octanol–water partition coefficient (Wildman–Crippen LogP) is 2.44. The summed E-state index contributed by atoms with van der Waals surface area (Å²) >= 11 is 0. The van der Waals surface area contributed by atoms with Gasteiger partial charge in [0.25, 0.3) is 5.91 Å². The van der Waals surface area contributed by atoms with Gasteiger partial charge in [-0.15, -0.1) is 0 Å². The van der Waals surface area contributed by atoms with Crippen molar-refractivity contribution in [2.45, 2.75) is 40.0 Å². The largest absolute Gasteiger partial charge is 0.481 e. The van der Waals surface area contributed by atoms with Crippen molar-refractivity contribution in [2.75, 3.05) is 5.32 Å². The van der Waals surface area contributed by atoms with Crippen molar-refractivity contribution in [1.29, 1.82) is 0 Å². The number of aliphatic hydroxyl groups excluding tert-OH is 1. The molecule has 0 aliphatic carbocycles. The summed E-state index contributed by atoms with van der Waals surface area (Å²) < 4.78 is 7.41. The first-order valence-electron chi connectivity index (χ1n) is 7.67. The van der Waals surface area contributed by atoms with Gasteiger partial charge in [-0.2, -0.15) is 5.10 Å². The number of aliphatic hydroxyl groups is 1. The first-order chi connectivity index (χ1) is 11.0. The third kappa shape index (κ3) is 5.10. The molecule has 23 heavy (non-hydrogen) atoms. The average Bonchev–Trinajstić information content (AvgIpc) is 2.93. The highest BCUT2D eigenvalue weighted by Crippen LogP contribution is 2.16. The highest BCUT2D eigenvalue weighted by Gasteiger charge is 2.16. The molecule has 1 atom stereocenters. The van der Waals surface area contributed by atoms with Gasteiger partial charge in [-0.25, -0.2) is 0 Å². The summed E-state index contributed by atoms with van der Waals surface area (Å²) in [7, 11) is 0. The summed E-state index contributed by atoms with van der Waals surface area (Å²) in [6.07, 6.45) is 2.77. The lowest BCUT2D eigenvalue weighted by Crippen LogP contribution is -2.30. The van der Waals surface area contributed by atoms with E-state index >= 15 is 0 Å². The average molecular weight is 317 g/mol.